The molecule has 5 nitrogen and oxygen atoms in total. The van der Waals surface area contributed by atoms with Crippen LogP contribution in [0.3, 0.4) is 0 Å². The number of hydrogen-bond donors (Lipinski definition) is 0. The third-order valence-corrected chi connectivity index (χ3v) is 6.11. The summed E-state index contributed by atoms with van der Waals surface area (Å²) in [6.45, 7) is 2.16. The van der Waals surface area contributed by atoms with Crippen molar-refractivity contribution in [3.05, 3.63) is 53.1 Å². The lowest BCUT2D eigenvalue weighted by Crippen LogP contribution is -2.37. The summed E-state index contributed by atoms with van der Waals surface area (Å²) in [5.41, 5.74) is 3.98. The highest BCUT2D eigenvalue weighted by molar-refractivity contribution is 5.32. The zero-order valence-electron chi connectivity index (χ0n) is 15.9. The number of hydrogen-bond acceptors (Lipinski definition) is 5. The molecular weight excluding hydrogens is 338 g/mol. The molecule has 2 atom stereocenters. The molecule has 1 aromatic heterocycles. The molecule has 1 aliphatic carbocycles. The third kappa shape index (κ3) is 3.46. The molecule has 5 heteroatoms. The van der Waals surface area contributed by atoms with Crippen LogP contribution in [-0.4, -0.2) is 41.2 Å². The number of aromatic nitrogens is 2. The van der Waals surface area contributed by atoms with Gasteiger partial charge >= 0.3 is 0 Å². The Morgan fingerprint density at radius 2 is 2.07 bits per heavy atom. The molecule has 1 aromatic carbocycles. The van der Waals surface area contributed by atoms with E-state index >= 15 is 0 Å². The monoisotopic (exact) mass is 365 g/mol. The standard InChI is InChI=1S/C22H27N3O2/c1-26-9-10-27-18-4-2-3-15(11-18)14-25-17-7-8-21(25)19-13-23-22(16-5-6-16)24-20(19)12-17/h2-4,11,13,16-17,21H,5-10,12,14H2,1H3/t17-,21-/m1/s1. The average Bonchev–Trinajstić information content (AvgIpc) is 3.49. The van der Waals surface area contributed by atoms with Crippen LogP contribution < -0.4 is 4.74 Å². The highest BCUT2D eigenvalue weighted by Gasteiger charge is 2.41. The first-order chi connectivity index (χ1) is 13.3. The average molecular weight is 365 g/mol. The highest BCUT2D eigenvalue weighted by Crippen LogP contribution is 2.45. The lowest BCUT2D eigenvalue weighted by Gasteiger charge is -2.35. The minimum Gasteiger partial charge on any atom is -0.491 e. The fraction of sp³-hybridized carbons (Fsp3) is 0.545. The first-order valence-corrected chi connectivity index (χ1v) is 10.1. The summed E-state index contributed by atoms with van der Waals surface area (Å²) in [6, 6.07) is 9.53. The van der Waals surface area contributed by atoms with Crippen molar-refractivity contribution in [2.45, 2.75) is 56.7 Å². The van der Waals surface area contributed by atoms with E-state index in [4.69, 9.17) is 19.4 Å². The van der Waals surface area contributed by atoms with Gasteiger partial charge in [0.2, 0.25) is 0 Å². The van der Waals surface area contributed by atoms with Crippen molar-refractivity contribution in [1.82, 2.24) is 14.9 Å². The molecule has 2 aliphatic heterocycles. The maximum absolute atomic E-state index is 5.78. The Morgan fingerprint density at radius 3 is 2.93 bits per heavy atom. The minimum atomic E-state index is 0.463. The smallest absolute Gasteiger partial charge is 0.131 e. The number of fused-ring (bicyclic) bond motifs is 4. The molecule has 0 spiro atoms. The van der Waals surface area contributed by atoms with E-state index in [0.717, 1.165) is 24.5 Å². The van der Waals surface area contributed by atoms with Crippen molar-refractivity contribution in [3.8, 4) is 5.75 Å². The highest BCUT2D eigenvalue weighted by atomic mass is 16.5. The second-order valence-corrected chi connectivity index (χ2v) is 8.02. The Labute approximate surface area is 160 Å². The summed E-state index contributed by atoms with van der Waals surface area (Å²) >= 11 is 0. The first-order valence-electron chi connectivity index (χ1n) is 10.1. The Morgan fingerprint density at radius 1 is 1.15 bits per heavy atom. The first kappa shape index (κ1) is 17.1. The number of ether oxygens (including phenoxy) is 2. The van der Waals surface area contributed by atoms with Crippen LogP contribution in [0.15, 0.2) is 30.5 Å². The van der Waals surface area contributed by atoms with Gasteiger partial charge in [-0.25, -0.2) is 9.97 Å². The van der Waals surface area contributed by atoms with Gasteiger partial charge in [-0.05, 0) is 43.4 Å². The predicted octanol–water partition coefficient (Wildman–Crippen LogP) is 3.64. The van der Waals surface area contributed by atoms with Crippen LogP contribution in [0.25, 0.3) is 0 Å². The number of rotatable bonds is 7. The van der Waals surface area contributed by atoms with Gasteiger partial charge in [0, 0.05) is 49.8 Å². The van der Waals surface area contributed by atoms with E-state index in [2.05, 4.69) is 29.3 Å². The van der Waals surface area contributed by atoms with Crippen LogP contribution in [0.4, 0.5) is 0 Å². The minimum absolute atomic E-state index is 0.463. The normalized spacial score (nSPS) is 24.0. The summed E-state index contributed by atoms with van der Waals surface area (Å²) in [7, 11) is 1.70. The molecule has 3 heterocycles. The molecule has 0 amide bonds. The van der Waals surface area contributed by atoms with E-state index in [-0.39, 0.29) is 0 Å². The zero-order chi connectivity index (χ0) is 18.2. The molecular formula is C22H27N3O2. The summed E-state index contributed by atoms with van der Waals surface area (Å²) in [4.78, 5) is 12.3. The van der Waals surface area contributed by atoms with Crippen molar-refractivity contribution in [2.75, 3.05) is 20.3 Å². The summed E-state index contributed by atoms with van der Waals surface area (Å²) in [5.74, 6) is 2.64. The fourth-order valence-electron chi connectivity index (χ4n) is 4.56. The third-order valence-electron chi connectivity index (χ3n) is 6.11. The van der Waals surface area contributed by atoms with Crippen molar-refractivity contribution in [3.63, 3.8) is 0 Å². The Balaban J connectivity index is 1.32. The molecule has 142 valence electrons. The van der Waals surface area contributed by atoms with Crippen LogP contribution >= 0.6 is 0 Å². The molecule has 2 aromatic rings. The summed E-state index contributed by atoms with van der Waals surface area (Å²) in [5, 5.41) is 0. The largest absolute Gasteiger partial charge is 0.491 e. The number of nitrogens with zero attached hydrogens (tertiary/aromatic N) is 3. The van der Waals surface area contributed by atoms with Gasteiger partial charge < -0.3 is 9.47 Å². The Kier molecular flexibility index (Phi) is 4.58. The van der Waals surface area contributed by atoms with Crippen LogP contribution in [-0.2, 0) is 17.7 Å². The van der Waals surface area contributed by atoms with Crippen LogP contribution in [0.2, 0.25) is 0 Å². The van der Waals surface area contributed by atoms with Crippen LogP contribution in [0.1, 0.15) is 60.3 Å². The maximum atomic E-state index is 5.78. The Bertz CT molecular complexity index is 821. The molecule has 2 fully saturated rings. The maximum Gasteiger partial charge on any atom is 0.131 e. The SMILES string of the molecule is COCCOc1cccc(CN2[C@@H]3CC[C@@H]2c2cnc(C4CC4)nc2C3)c1. The predicted molar refractivity (Wildman–Crippen MR) is 103 cm³/mol. The van der Waals surface area contributed by atoms with E-state index < -0.39 is 0 Å². The molecule has 1 saturated carbocycles. The van der Waals surface area contributed by atoms with Gasteiger partial charge in [0.15, 0.2) is 0 Å². The van der Waals surface area contributed by atoms with Crippen molar-refractivity contribution >= 4 is 0 Å². The molecule has 2 bridgehead atoms. The molecule has 1 saturated heterocycles. The fourth-order valence-corrected chi connectivity index (χ4v) is 4.56. The molecule has 3 aliphatic rings. The van der Waals surface area contributed by atoms with E-state index in [9.17, 15) is 0 Å². The molecule has 0 radical (unpaired) electrons. The van der Waals surface area contributed by atoms with Gasteiger partial charge in [0.05, 0.1) is 12.3 Å². The Hall–Kier alpha value is -1.98. The molecule has 0 N–H and O–H groups in total. The van der Waals surface area contributed by atoms with E-state index in [0.29, 0.717) is 31.2 Å². The summed E-state index contributed by atoms with van der Waals surface area (Å²) in [6.07, 6.45) is 8.19. The van der Waals surface area contributed by atoms with Crippen LogP contribution in [0.5, 0.6) is 5.75 Å². The topological polar surface area (TPSA) is 47.5 Å². The summed E-state index contributed by atoms with van der Waals surface area (Å²) < 4.78 is 10.8. The quantitative estimate of drug-likeness (QED) is 0.701. The van der Waals surface area contributed by atoms with Crippen LogP contribution in [0, 0.1) is 0 Å². The number of benzene rings is 1. The molecule has 0 unspecified atom stereocenters. The van der Waals surface area contributed by atoms with Gasteiger partial charge in [-0.1, -0.05) is 12.1 Å². The van der Waals surface area contributed by atoms with Crippen molar-refractivity contribution in [2.24, 2.45) is 0 Å². The zero-order valence-corrected chi connectivity index (χ0v) is 15.9. The van der Waals surface area contributed by atoms with Gasteiger partial charge in [-0.15, -0.1) is 0 Å². The van der Waals surface area contributed by atoms with Gasteiger partial charge in [0.1, 0.15) is 18.2 Å². The van der Waals surface area contributed by atoms with Gasteiger partial charge in [0.25, 0.3) is 0 Å². The van der Waals surface area contributed by atoms with E-state index in [1.165, 1.54) is 42.5 Å². The van der Waals surface area contributed by atoms with Crippen molar-refractivity contribution < 1.29 is 9.47 Å². The molecule has 5 rings (SSSR count). The van der Waals surface area contributed by atoms with Gasteiger partial charge in [-0.2, -0.15) is 0 Å². The van der Waals surface area contributed by atoms with E-state index in [1.54, 1.807) is 7.11 Å². The second kappa shape index (κ2) is 7.21. The van der Waals surface area contributed by atoms with Gasteiger partial charge in [-0.3, -0.25) is 4.90 Å². The van der Waals surface area contributed by atoms with Crippen molar-refractivity contribution in [1.29, 1.82) is 0 Å². The number of methoxy groups -OCH3 is 1. The molecule has 27 heavy (non-hydrogen) atoms. The lowest BCUT2D eigenvalue weighted by atomic mass is 9.98. The van der Waals surface area contributed by atoms with E-state index in [1.807, 2.05) is 6.07 Å². The lowest BCUT2D eigenvalue weighted by molar-refractivity contribution is 0.146. The second-order valence-electron chi connectivity index (χ2n) is 8.02.